The quantitative estimate of drug-likeness (QED) is 0.760. The molecule has 0 unspecified atom stereocenters. The summed E-state index contributed by atoms with van der Waals surface area (Å²) in [5, 5.41) is 0. The van der Waals surface area contributed by atoms with Gasteiger partial charge in [-0.3, -0.25) is 4.79 Å². The summed E-state index contributed by atoms with van der Waals surface area (Å²) in [6.07, 6.45) is 0.122. The minimum absolute atomic E-state index is 0.00435. The van der Waals surface area contributed by atoms with Crippen molar-refractivity contribution in [1.29, 1.82) is 0 Å². The maximum Gasteiger partial charge on any atom is 0.231 e. The molecule has 1 aliphatic rings. The first-order chi connectivity index (χ1) is 7.22. The summed E-state index contributed by atoms with van der Waals surface area (Å²) in [4.78, 5) is 11.4. The van der Waals surface area contributed by atoms with Crippen LogP contribution in [0, 0.1) is 5.82 Å². The second-order valence-corrected chi connectivity index (χ2v) is 3.15. The molecule has 0 saturated carbocycles. The topological polar surface area (TPSA) is 61.6 Å². The zero-order valence-electron chi connectivity index (χ0n) is 7.96. The van der Waals surface area contributed by atoms with E-state index in [9.17, 15) is 9.18 Å². The summed E-state index contributed by atoms with van der Waals surface area (Å²) in [6.45, 7) is 0.260. The van der Waals surface area contributed by atoms with E-state index < -0.39 is 5.82 Å². The maximum absolute atomic E-state index is 13.4. The number of Topliss-reactive ketones (excluding diaryl/α,β-unsaturated/α-hetero) is 1. The summed E-state index contributed by atoms with van der Waals surface area (Å²) in [5.74, 6) is -0.195. The first-order valence-corrected chi connectivity index (χ1v) is 4.55. The largest absolute Gasteiger partial charge is 0.454 e. The molecule has 0 atom stereocenters. The second kappa shape index (κ2) is 3.86. The Kier molecular flexibility index (Phi) is 2.55. The fraction of sp³-hybridized carbons (Fsp3) is 0.300. The smallest absolute Gasteiger partial charge is 0.231 e. The number of hydrogen-bond donors (Lipinski definition) is 1. The molecule has 1 aromatic carbocycles. The van der Waals surface area contributed by atoms with E-state index in [0.717, 1.165) is 6.07 Å². The number of fused-ring (bicyclic) bond motifs is 1. The van der Waals surface area contributed by atoms with Gasteiger partial charge in [-0.2, -0.15) is 0 Å². The van der Waals surface area contributed by atoms with Crippen LogP contribution in [0.5, 0.6) is 11.5 Å². The van der Waals surface area contributed by atoms with Gasteiger partial charge in [0, 0.05) is 12.5 Å². The standard InChI is InChI=1S/C10H10FNO3/c11-7-4-10-9(14-5-15-10)3-6(7)8(13)1-2-12/h3-4H,1-2,5,12H2. The molecule has 4 nitrogen and oxygen atoms in total. The van der Waals surface area contributed by atoms with Crippen molar-refractivity contribution in [2.45, 2.75) is 6.42 Å². The lowest BCUT2D eigenvalue weighted by Crippen LogP contribution is -2.09. The molecule has 0 radical (unpaired) electrons. The molecular formula is C10H10FNO3. The number of carbonyl (C=O) groups excluding carboxylic acids is 1. The number of halogens is 1. The molecule has 5 heteroatoms. The molecule has 0 amide bonds. The van der Waals surface area contributed by atoms with Crippen LogP contribution in [-0.4, -0.2) is 19.1 Å². The Morgan fingerprint density at radius 1 is 1.40 bits per heavy atom. The van der Waals surface area contributed by atoms with Crippen molar-refractivity contribution in [3.05, 3.63) is 23.5 Å². The van der Waals surface area contributed by atoms with Crippen molar-refractivity contribution < 1.29 is 18.7 Å². The first-order valence-electron chi connectivity index (χ1n) is 4.55. The van der Waals surface area contributed by atoms with E-state index in [1.165, 1.54) is 6.07 Å². The minimum Gasteiger partial charge on any atom is -0.454 e. The highest BCUT2D eigenvalue weighted by Gasteiger charge is 2.20. The number of ether oxygens (including phenoxy) is 2. The lowest BCUT2D eigenvalue weighted by Gasteiger charge is -2.03. The number of ketones is 1. The van der Waals surface area contributed by atoms with Crippen molar-refractivity contribution >= 4 is 5.78 Å². The summed E-state index contributed by atoms with van der Waals surface area (Å²) in [7, 11) is 0. The maximum atomic E-state index is 13.4. The third-order valence-electron chi connectivity index (χ3n) is 2.13. The predicted molar refractivity (Wildman–Crippen MR) is 50.5 cm³/mol. The third kappa shape index (κ3) is 1.78. The van der Waals surface area contributed by atoms with Crippen LogP contribution in [0.4, 0.5) is 4.39 Å². The van der Waals surface area contributed by atoms with Crippen molar-refractivity contribution in [1.82, 2.24) is 0 Å². The van der Waals surface area contributed by atoms with Crippen LogP contribution < -0.4 is 15.2 Å². The average Bonchev–Trinajstić information content (AvgIpc) is 2.63. The van der Waals surface area contributed by atoms with Gasteiger partial charge in [-0.15, -0.1) is 0 Å². The Morgan fingerprint density at radius 3 is 2.73 bits per heavy atom. The van der Waals surface area contributed by atoms with Gasteiger partial charge in [-0.05, 0) is 12.6 Å². The number of carbonyl (C=O) groups is 1. The fourth-order valence-electron chi connectivity index (χ4n) is 1.40. The summed E-state index contributed by atoms with van der Waals surface area (Å²) in [6, 6.07) is 2.52. The molecule has 2 N–H and O–H groups in total. The highest BCUT2D eigenvalue weighted by molar-refractivity contribution is 5.97. The Bertz CT molecular complexity index is 406. The van der Waals surface area contributed by atoms with E-state index in [4.69, 9.17) is 15.2 Å². The van der Waals surface area contributed by atoms with Gasteiger partial charge in [0.1, 0.15) is 5.82 Å². The molecule has 0 fully saturated rings. The predicted octanol–water partition coefficient (Wildman–Crippen LogP) is 1.09. The van der Waals surface area contributed by atoms with E-state index >= 15 is 0 Å². The molecule has 0 bridgehead atoms. The summed E-state index contributed by atoms with van der Waals surface area (Å²) >= 11 is 0. The zero-order chi connectivity index (χ0) is 10.8. The van der Waals surface area contributed by atoms with Gasteiger partial charge in [0.25, 0.3) is 0 Å². The van der Waals surface area contributed by atoms with Gasteiger partial charge in [0.15, 0.2) is 17.3 Å². The Balaban J connectivity index is 2.36. The Hall–Kier alpha value is -1.62. The molecule has 0 aliphatic carbocycles. The Morgan fingerprint density at radius 2 is 2.07 bits per heavy atom. The molecule has 0 saturated heterocycles. The van der Waals surface area contributed by atoms with E-state index in [1.54, 1.807) is 0 Å². The number of rotatable bonds is 3. The summed E-state index contributed by atoms with van der Waals surface area (Å²) in [5.41, 5.74) is 5.23. The van der Waals surface area contributed by atoms with Crippen molar-refractivity contribution in [3.63, 3.8) is 0 Å². The van der Waals surface area contributed by atoms with Crippen molar-refractivity contribution in [2.75, 3.05) is 13.3 Å². The first kappa shape index (κ1) is 9.92. The lowest BCUT2D eigenvalue weighted by atomic mass is 10.1. The van der Waals surface area contributed by atoms with Crippen molar-refractivity contribution in [3.8, 4) is 11.5 Å². The third-order valence-corrected chi connectivity index (χ3v) is 2.13. The Labute approximate surface area is 85.8 Å². The average molecular weight is 211 g/mol. The molecule has 80 valence electrons. The van der Waals surface area contributed by atoms with Gasteiger partial charge >= 0.3 is 0 Å². The van der Waals surface area contributed by atoms with Crippen LogP contribution in [0.25, 0.3) is 0 Å². The summed E-state index contributed by atoms with van der Waals surface area (Å²) < 4.78 is 23.4. The highest BCUT2D eigenvalue weighted by Crippen LogP contribution is 2.34. The molecule has 1 aromatic rings. The second-order valence-electron chi connectivity index (χ2n) is 3.15. The monoisotopic (exact) mass is 211 g/mol. The number of hydrogen-bond acceptors (Lipinski definition) is 4. The molecule has 2 rings (SSSR count). The SMILES string of the molecule is NCCC(=O)c1cc2c(cc1F)OCO2. The lowest BCUT2D eigenvalue weighted by molar-refractivity contribution is 0.0981. The van der Waals surface area contributed by atoms with Gasteiger partial charge < -0.3 is 15.2 Å². The van der Waals surface area contributed by atoms with Crippen LogP contribution in [0.15, 0.2) is 12.1 Å². The molecule has 0 aromatic heterocycles. The molecule has 1 aliphatic heterocycles. The van der Waals surface area contributed by atoms with Gasteiger partial charge in [-0.1, -0.05) is 0 Å². The van der Waals surface area contributed by atoms with Crippen LogP contribution in [0.2, 0.25) is 0 Å². The highest BCUT2D eigenvalue weighted by atomic mass is 19.1. The zero-order valence-corrected chi connectivity index (χ0v) is 7.96. The van der Waals surface area contributed by atoms with Crippen LogP contribution in [0.3, 0.4) is 0 Å². The molecular weight excluding hydrogens is 201 g/mol. The normalized spacial score (nSPS) is 12.9. The van der Waals surface area contributed by atoms with E-state index in [2.05, 4.69) is 0 Å². The van der Waals surface area contributed by atoms with Gasteiger partial charge in [-0.25, -0.2) is 4.39 Å². The van der Waals surface area contributed by atoms with Crippen LogP contribution in [-0.2, 0) is 0 Å². The number of benzene rings is 1. The van der Waals surface area contributed by atoms with Crippen LogP contribution >= 0.6 is 0 Å². The molecule has 1 heterocycles. The fourth-order valence-corrected chi connectivity index (χ4v) is 1.40. The van der Waals surface area contributed by atoms with E-state index in [-0.39, 0.29) is 31.1 Å². The number of nitrogens with two attached hydrogens (primary N) is 1. The van der Waals surface area contributed by atoms with Crippen LogP contribution in [0.1, 0.15) is 16.8 Å². The van der Waals surface area contributed by atoms with E-state index in [0.29, 0.717) is 11.5 Å². The molecule has 0 spiro atoms. The van der Waals surface area contributed by atoms with Crippen molar-refractivity contribution in [2.24, 2.45) is 5.73 Å². The van der Waals surface area contributed by atoms with Gasteiger partial charge in [0.05, 0.1) is 5.56 Å². The van der Waals surface area contributed by atoms with Gasteiger partial charge in [0.2, 0.25) is 6.79 Å². The molecule has 15 heavy (non-hydrogen) atoms. The van der Waals surface area contributed by atoms with E-state index in [1.807, 2.05) is 0 Å². The minimum atomic E-state index is -0.599.